The number of hydrogen-bond acceptors (Lipinski definition) is 4. The molecule has 118 valence electrons. The Bertz CT molecular complexity index is 756. The van der Waals surface area contributed by atoms with E-state index in [4.69, 9.17) is 4.84 Å². The fourth-order valence-electron chi connectivity index (χ4n) is 2.25. The van der Waals surface area contributed by atoms with Crippen LogP contribution in [0.1, 0.15) is 24.5 Å². The summed E-state index contributed by atoms with van der Waals surface area (Å²) in [5.41, 5.74) is 1.24. The molecule has 3 rings (SSSR count). The summed E-state index contributed by atoms with van der Waals surface area (Å²) in [7, 11) is 0. The van der Waals surface area contributed by atoms with Crippen molar-refractivity contribution in [1.82, 2.24) is 4.98 Å². The lowest BCUT2D eigenvalue weighted by atomic mass is 9.95. The highest BCUT2D eigenvalue weighted by molar-refractivity contribution is 6.07. The first-order valence-electron chi connectivity index (χ1n) is 7.21. The molecule has 1 amide bonds. The molecule has 0 unspecified atom stereocenters. The second-order valence-electron chi connectivity index (χ2n) is 5.72. The van der Waals surface area contributed by atoms with Crippen molar-refractivity contribution in [2.75, 3.05) is 5.32 Å². The quantitative estimate of drug-likeness (QED) is 0.947. The first kappa shape index (κ1) is 15.1. The van der Waals surface area contributed by atoms with Crippen LogP contribution >= 0.6 is 0 Å². The fraction of sp³-hybridized carbons (Fsp3) is 0.235. The lowest BCUT2D eigenvalue weighted by molar-refractivity contribution is -0.135. The minimum Gasteiger partial charge on any atom is -0.379 e. The molecule has 1 atom stereocenters. The van der Waals surface area contributed by atoms with Crippen molar-refractivity contribution >= 4 is 17.4 Å². The molecule has 0 saturated carbocycles. The Kier molecular flexibility index (Phi) is 3.82. The minimum atomic E-state index is -1.11. The molecular weight excluding hydrogens is 297 g/mol. The van der Waals surface area contributed by atoms with Gasteiger partial charge in [-0.2, -0.15) is 0 Å². The summed E-state index contributed by atoms with van der Waals surface area (Å²) in [6.07, 6.45) is 1.98. The third-order valence-corrected chi connectivity index (χ3v) is 3.67. The van der Waals surface area contributed by atoms with Gasteiger partial charge in [-0.3, -0.25) is 4.79 Å². The summed E-state index contributed by atoms with van der Waals surface area (Å²) in [5.74, 6) is -0.186. The lowest BCUT2D eigenvalue weighted by Crippen LogP contribution is -2.40. The number of nitrogens with one attached hydrogen (secondary N) is 1. The van der Waals surface area contributed by atoms with E-state index in [0.29, 0.717) is 18.0 Å². The molecule has 5 nitrogen and oxygen atoms in total. The zero-order valence-electron chi connectivity index (χ0n) is 12.8. The van der Waals surface area contributed by atoms with E-state index in [0.717, 1.165) is 11.1 Å². The SMILES string of the molecule is Cc1ccc(NC(=O)[C@]2(C)CC(c3ccc(F)cc3)=NO2)nc1. The van der Waals surface area contributed by atoms with E-state index in [1.165, 1.54) is 12.1 Å². The second kappa shape index (κ2) is 5.79. The molecule has 0 fully saturated rings. The molecular formula is C17H16FN3O2. The summed E-state index contributed by atoms with van der Waals surface area (Å²) >= 11 is 0. The van der Waals surface area contributed by atoms with Crippen LogP contribution in [-0.2, 0) is 9.63 Å². The van der Waals surface area contributed by atoms with Gasteiger partial charge in [-0.05, 0) is 43.2 Å². The Morgan fingerprint density at radius 2 is 2.00 bits per heavy atom. The van der Waals surface area contributed by atoms with Gasteiger partial charge >= 0.3 is 0 Å². The maximum absolute atomic E-state index is 13.0. The van der Waals surface area contributed by atoms with Crippen molar-refractivity contribution < 1.29 is 14.0 Å². The molecule has 2 heterocycles. The van der Waals surface area contributed by atoms with E-state index in [9.17, 15) is 9.18 Å². The van der Waals surface area contributed by atoms with Gasteiger partial charge in [0, 0.05) is 12.6 Å². The fourth-order valence-corrected chi connectivity index (χ4v) is 2.25. The number of carbonyl (C=O) groups is 1. The van der Waals surface area contributed by atoms with E-state index >= 15 is 0 Å². The molecule has 0 spiro atoms. The molecule has 0 aliphatic carbocycles. The molecule has 23 heavy (non-hydrogen) atoms. The smallest absolute Gasteiger partial charge is 0.272 e. The largest absolute Gasteiger partial charge is 0.379 e. The third-order valence-electron chi connectivity index (χ3n) is 3.67. The number of hydrogen-bond donors (Lipinski definition) is 1. The normalized spacial score (nSPS) is 19.9. The zero-order valence-corrected chi connectivity index (χ0v) is 12.8. The summed E-state index contributed by atoms with van der Waals surface area (Å²) in [6, 6.07) is 9.52. The first-order valence-corrected chi connectivity index (χ1v) is 7.21. The number of aryl methyl sites for hydroxylation is 1. The Labute approximate surface area is 133 Å². The van der Waals surface area contributed by atoms with Crippen LogP contribution in [0.3, 0.4) is 0 Å². The average molecular weight is 313 g/mol. The Balaban J connectivity index is 1.70. The molecule has 2 aromatic rings. The topological polar surface area (TPSA) is 63.6 Å². The molecule has 1 aliphatic heterocycles. The number of aromatic nitrogens is 1. The predicted octanol–water partition coefficient (Wildman–Crippen LogP) is 3.05. The van der Waals surface area contributed by atoms with Gasteiger partial charge in [0.1, 0.15) is 11.6 Å². The summed E-state index contributed by atoms with van der Waals surface area (Å²) in [4.78, 5) is 21.9. The van der Waals surface area contributed by atoms with Gasteiger partial charge in [0.2, 0.25) is 5.60 Å². The van der Waals surface area contributed by atoms with E-state index in [1.54, 1.807) is 31.3 Å². The molecule has 0 radical (unpaired) electrons. The monoisotopic (exact) mass is 313 g/mol. The molecule has 6 heteroatoms. The maximum Gasteiger partial charge on any atom is 0.272 e. The highest BCUT2D eigenvalue weighted by Gasteiger charge is 2.42. The molecule has 0 bridgehead atoms. The summed E-state index contributed by atoms with van der Waals surface area (Å²) in [5, 5.41) is 6.70. The van der Waals surface area contributed by atoms with Crippen LogP contribution in [0.2, 0.25) is 0 Å². The van der Waals surface area contributed by atoms with Crippen LogP contribution in [-0.4, -0.2) is 22.2 Å². The zero-order chi connectivity index (χ0) is 16.4. The summed E-state index contributed by atoms with van der Waals surface area (Å²) in [6.45, 7) is 3.58. The van der Waals surface area contributed by atoms with Gasteiger partial charge in [0.05, 0.1) is 5.71 Å². The van der Waals surface area contributed by atoms with Gasteiger partial charge in [0.25, 0.3) is 5.91 Å². The minimum absolute atomic E-state index is 0.302. The molecule has 0 saturated heterocycles. The van der Waals surface area contributed by atoms with Crippen molar-refractivity contribution in [3.8, 4) is 0 Å². The van der Waals surface area contributed by atoms with Crippen molar-refractivity contribution in [1.29, 1.82) is 0 Å². The Morgan fingerprint density at radius 1 is 1.26 bits per heavy atom. The molecule has 1 aliphatic rings. The van der Waals surface area contributed by atoms with Gasteiger partial charge in [-0.1, -0.05) is 23.4 Å². The van der Waals surface area contributed by atoms with Crippen LogP contribution < -0.4 is 5.32 Å². The third kappa shape index (κ3) is 3.21. The highest BCUT2D eigenvalue weighted by Crippen LogP contribution is 2.28. The molecule has 1 N–H and O–H groups in total. The number of rotatable bonds is 3. The van der Waals surface area contributed by atoms with Crippen LogP contribution in [0, 0.1) is 12.7 Å². The number of anilines is 1. The van der Waals surface area contributed by atoms with E-state index in [1.807, 2.05) is 13.0 Å². The number of pyridine rings is 1. The first-order chi connectivity index (χ1) is 11.0. The summed E-state index contributed by atoms with van der Waals surface area (Å²) < 4.78 is 13.0. The van der Waals surface area contributed by atoms with Gasteiger partial charge in [0.15, 0.2) is 0 Å². The highest BCUT2D eigenvalue weighted by atomic mass is 19.1. The number of carbonyl (C=O) groups excluding carboxylic acids is 1. The number of benzene rings is 1. The van der Waals surface area contributed by atoms with Crippen molar-refractivity contribution in [3.63, 3.8) is 0 Å². The van der Waals surface area contributed by atoms with Gasteiger partial charge < -0.3 is 10.2 Å². The van der Waals surface area contributed by atoms with Crippen molar-refractivity contribution in [2.24, 2.45) is 5.16 Å². The molecule has 1 aromatic carbocycles. The van der Waals surface area contributed by atoms with E-state index < -0.39 is 5.60 Å². The molecule has 1 aromatic heterocycles. The predicted molar refractivity (Wildman–Crippen MR) is 84.6 cm³/mol. The maximum atomic E-state index is 13.0. The van der Waals surface area contributed by atoms with Crippen LogP contribution in [0.4, 0.5) is 10.2 Å². The Morgan fingerprint density at radius 3 is 2.65 bits per heavy atom. The number of amides is 1. The number of halogens is 1. The Hall–Kier alpha value is -2.76. The van der Waals surface area contributed by atoms with Crippen molar-refractivity contribution in [3.05, 3.63) is 59.5 Å². The van der Waals surface area contributed by atoms with Gasteiger partial charge in [-0.25, -0.2) is 9.37 Å². The van der Waals surface area contributed by atoms with Crippen LogP contribution in [0.25, 0.3) is 0 Å². The van der Waals surface area contributed by atoms with E-state index in [2.05, 4.69) is 15.5 Å². The number of nitrogens with zero attached hydrogens (tertiary/aromatic N) is 2. The standard InChI is InChI=1S/C17H16FN3O2/c1-11-3-8-15(19-10-11)20-16(22)17(2)9-14(21-23-17)12-4-6-13(18)7-5-12/h3-8,10H,9H2,1-2H3,(H,19,20,22)/t17-/m0/s1. The lowest BCUT2D eigenvalue weighted by Gasteiger charge is -2.20. The van der Waals surface area contributed by atoms with Crippen molar-refractivity contribution in [2.45, 2.75) is 25.9 Å². The number of oxime groups is 1. The average Bonchev–Trinajstić information content (AvgIpc) is 2.94. The van der Waals surface area contributed by atoms with Gasteiger partial charge in [-0.15, -0.1) is 0 Å². The second-order valence-corrected chi connectivity index (χ2v) is 5.72. The van der Waals surface area contributed by atoms with Crippen LogP contribution in [0.15, 0.2) is 47.8 Å². The van der Waals surface area contributed by atoms with E-state index in [-0.39, 0.29) is 11.7 Å². The van der Waals surface area contributed by atoms with Crippen LogP contribution in [0.5, 0.6) is 0 Å².